The minimum atomic E-state index is -0.520. The second kappa shape index (κ2) is 8.85. The molecule has 146 valence electrons. The van der Waals surface area contributed by atoms with Crippen LogP contribution in [0.3, 0.4) is 0 Å². The Labute approximate surface area is 158 Å². The number of carbonyl (C=O) groups excluding carboxylic acids is 1. The summed E-state index contributed by atoms with van der Waals surface area (Å²) in [4.78, 5) is 21.5. The maximum atomic E-state index is 12.7. The zero-order valence-electron chi connectivity index (χ0n) is 17.3. The minimum Gasteiger partial charge on any atom is -0.443 e. The van der Waals surface area contributed by atoms with Gasteiger partial charge in [-0.15, -0.1) is 0 Å². The van der Waals surface area contributed by atoms with Gasteiger partial charge in [-0.2, -0.15) is 0 Å². The van der Waals surface area contributed by atoms with Gasteiger partial charge in [-0.05, 0) is 59.1 Å². The average Bonchev–Trinajstić information content (AvgIpc) is 2.54. The van der Waals surface area contributed by atoms with Gasteiger partial charge in [0.25, 0.3) is 0 Å². The van der Waals surface area contributed by atoms with Crippen LogP contribution < -0.4 is 4.90 Å². The normalized spacial score (nSPS) is 18.8. The van der Waals surface area contributed by atoms with Crippen molar-refractivity contribution in [2.75, 3.05) is 24.5 Å². The van der Waals surface area contributed by atoms with E-state index in [4.69, 9.17) is 4.74 Å². The smallest absolute Gasteiger partial charge is 0.415 e. The lowest BCUT2D eigenvalue weighted by atomic mass is 9.94. The summed E-state index contributed by atoms with van der Waals surface area (Å²) in [5.41, 5.74) is 0.620. The predicted octanol–water partition coefficient (Wildman–Crippen LogP) is 5.03. The number of pyridine rings is 1. The van der Waals surface area contributed by atoms with Crippen molar-refractivity contribution in [2.45, 2.75) is 72.4 Å². The number of rotatable bonds is 5. The van der Waals surface area contributed by atoms with Crippen LogP contribution in [-0.4, -0.2) is 41.2 Å². The van der Waals surface area contributed by atoms with E-state index in [0.29, 0.717) is 18.5 Å². The number of hydrogen-bond acceptors (Lipinski definition) is 4. The molecule has 5 nitrogen and oxygen atoms in total. The van der Waals surface area contributed by atoms with Gasteiger partial charge in [-0.1, -0.05) is 26.3 Å². The Bertz CT molecular complexity index is 595. The lowest BCUT2D eigenvalue weighted by Crippen LogP contribution is -2.40. The summed E-state index contributed by atoms with van der Waals surface area (Å²) in [6.45, 7) is 14.9. The maximum absolute atomic E-state index is 12.7. The molecule has 1 atom stereocenters. The van der Waals surface area contributed by atoms with Crippen LogP contribution in [0.2, 0.25) is 0 Å². The quantitative estimate of drug-likeness (QED) is 0.738. The molecule has 0 spiro atoms. The standard InChI is InChI=1S/C21H35N3O2/c1-7-24(20(25)26-21(4,5)6)19-17(11-10-13-22-19)18-12-8-9-14-23(18)15-16(2)3/h10-11,13,16,18H,7-9,12,14-15H2,1-6H3/t18-/m1/s1. The third-order valence-corrected chi connectivity index (χ3v) is 4.57. The number of ether oxygens (including phenoxy) is 1. The average molecular weight is 362 g/mol. The highest BCUT2D eigenvalue weighted by molar-refractivity contribution is 5.87. The fourth-order valence-corrected chi connectivity index (χ4v) is 3.61. The molecular formula is C21H35N3O2. The Morgan fingerprint density at radius 2 is 2.12 bits per heavy atom. The third-order valence-electron chi connectivity index (χ3n) is 4.57. The molecule has 26 heavy (non-hydrogen) atoms. The van der Waals surface area contributed by atoms with Crippen molar-refractivity contribution in [1.29, 1.82) is 0 Å². The summed E-state index contributed by atoms with van der Waals surface area (Å²) < 4.78 is 5.61. The summed E-state index contributed by atoms with van der Waals surface area (Å²) in [5, 5.41) is 0. The van der Waals surface area contributed by atoms with Crippen LogP contribution in [0.5, 0.6) is 0 Å². The van der Waals surface area contributed by atoms with Crippen molar-refractivity contribution in [3.8, 4) is 0 Å². The van der Waals surface area contributed by atoms with E-state index in [1.807, 2.05) is 33.8 Å². The lowest BCUT2D eigenvalue weighted by molar-refractivity contribution is 0.0579. The van der Waals surface area contributed by atoms with Gasteiger partial charge in [0, 0.05) is 30.9 Å². The van der Waals surface area contributed by atoms with E-state index in [2.05, 4.69) is 29.8 Å². The lowest BCUT2D eigenvalue weighted by Gasteiger charge is -2.38. The van der Waals surface area contributed by atoms with E-state index >= 15 is 0 Å². The Morgan fingerprint density at radius 1 is 1.38 bits per heavy atom. The molecule has 1 aromatic rings. The van der Waals surface area contributed by atoms with Crippen LogP contribution in [0.1, 0.15) is 72.4 Å². The number of piperidine rings is 1. The third kappa shape index (κ3) is 5.44. The summed E-state index contributed by atoms with van der Waals surface area (Å²) in [6, 6.07) is 4.41. The fraction of sp³-hybridized carbons (Fsp3) is 0.714. The molecule has 1 aromatic heterocycles. The molecule has 0 N–H and O–H groups in total. The number of anilines is 1. The molecule has 1 aliphatic heterocycles. The zero-order chi connectivity index (χ0) is 19.3. The van der Waals surface area contributed by atoms with E-state index in [1.165, 1.54) is 12.8 Å². The number of hydrogen-bond donors (Lipinski definition) is 0. The van der Waals surface area contributed by atoms with Crippen LogP contribution in [0.15, 0.2) is 18.3 Å². The summed E-state index contributed by atoms with van der Waals surface area (Å²) in [5.74, 6) is 1.36. The van der Waals surface area contributed by atoms with Gasteiger partial charge in [0.05, 0.1) is 0 Å². The van der Waals surface area contributed by atoms with Crippen molar-refractivity contribution in [2.24, 2.45) is 5.92 Å². The first-order valence-corrected chi connectivity index (χ1v) is 9.92. The van der Waals surface area contributed by atoms with Crippen LogP contribution in [0.25, 0.3) is 0 Å². The maximum Gasteiger partial charge on any atom is 0.415 e. The molecule has 2 rings (SSSR count). The SMILES string of the molecule is CCN(C(=O)OC(C)(C)C)c1ncccc1[C@H]1CCCCN1CC(C)C. The first kappa shape index (κ1) is 20.7. The van der Waals surface area contributed by atoms with Gasteiger partial charge >= 0.3 is 6.09 Å². The van der Waals surface area contributed by atoms with Crippen LogP contribution in [-0.2, 0) is 4.74 Å². The Kier molecular flexibility index (Phi) is 7.04. The number of likely N-dealkylation sites (tertiary alicyclic amines) is 1. The van der Waals surface area contributed by atoms with E-state index < -0.39 is 5.60 Å². The van der Waals surface area contributed by atoms with Crippen molar-refractivity contribution in [1.82, 2.24) is 9.88 Å². The van der Waals surface area contributed by atoms with Crippen molar-refractivity contribution in [3.63, 3.8) is 0 Å². The molecule has 5 heteroatoms. The number of amides is 1. The van der Waals surface area contributed by atoms with Gasteiger partial charge in [0.1, 0.15) is 11.4 Å². The second-order valence-electron chi connectivity index (χ2n) is 8.54. The van der Waals surface area contributed by atoms with Crippen molar-refractivity contribution in [3.05, 3.63) is 23.9 Å². The molecule has 1 aliphatic rings. The summed E-state index contributed by atoms with van der Waals surface area (Å²) in [7, 11) is 0. The van der Waals surface area contributed by atoms with Crippen LogP contribution in [0, 0.1) is 5.92 Å². The first-order chi connectivity index (χ1) is 12.2. The molecule has 0 radical (unpaired) electrons. The molecule has 0 aromatic carbocycles. The first-order valence-electron chi connectivity index (χ1n) is 9.92. The number of nitrogens with zero attached hydrogens (tertiary/aromatic N) is 3. The molecule has 1 amide bonds. The van der Waals surface area contributed by atoms with Gasteiger partial charge in [-0.25, -0.2) is 9.78 Å². The Hall–Kier alpha value is -1.62. The van der Waals surface area contributed by atoms with Gasteiger partial charge in [0.2, 0.25) is 0 Å². The van der Waals surface area contributed by atoms with E-state index in [9.17, 15) is 4.79 Å². The molecule has 0 aliphatic carbocycles. The fourth-order valence-electron chi connectivity index (χ4n) is 3.61. The molecular weight excluding hydrogens is 326 g/mol. The highest BCUT2D eigenvalue weighted by atomic mass is 16.6. The topological polar surface area (TPSA) is 45.7 Å². The van der Waals surface area contributed by atoms with Crippen LogP contribution >= 0.6 is 0 Å². The van der Waals surface area contributed by atoms with Crippen LogP contribution in [0.4, 0.5) is 10.6 Å². The predicted molar refractivity (Wildman–Crippen MR) is 106 cm³/mol. The molecule has 2 heterocycles. The molecule has 0 unspecified atom stereocenters. The minimum absolute atomic E-state index is 0.311. The molecule has 0 saturated carbocycles. The highest BCUT2D eigenvalue weighted by Gasteiger charge is 2.31. The largest absolute Gasteiger partial charge is 0.443 e. The molecule has 1 saturated heterocycles. The summed E-state index contributed by atoms with van der Waals surface area (Å²) >= 11 is 0. The zero-order valence-corrected chi connectivity index (χ0v) is 17.3. The Balaban J connectivity index is 2.34. The van der Waals surface area contributed by atoms with E-state index in [0.717, 1.165) is 30.9 Å². The van der Waals surface area contributed by atoms with Crippen molar-refractivity contribution < 1.29 is 9.53 Å². The number of aromatic nitrogens is 1. The highest BCUT2D eigenvalue weighted by Crippen LogP contribution is 2.36. The molecule has 1 fully saturated rings. The van der Waals surface area contributed by atoms with E-state index in [-0.39, 0.29) is 6.09 Å². The monoisotopic (exact) mass is 361 g/mol. The number of carbonyl (C=O) groups is 1. The Morgan fingerprint density at radius 3 is 2.73 bits per heavy atom. The second-order valence-corrected chi connectivity index (χ2v) is 8.54. The van der Waals surface area contributed by atoms with Gasteiger partial charge < -0.3 is 4.74 Å². The van der Waals surface area contributed by atoms with Gasteiger partial charge in [0.15, 0.2) is 0 Å². The summed E-state index contributed by atoms with van der Waals surface area (Å²) in [6.07, 6.45) is 5.00. The van der Waals surface area contributed by atoms with E-state index in [1.54, 1.807) is 11.1 Å². The molecule has 0 bridgehead atoms. The van der Waals surface area contributed by atoms with Gasteiger partial charge in [-0.3, -0.25) is 9.80 Å². The van der Waals surface area contributed by atoms with Crippen molar-refractivity contribution >= 4 is 11.9 Å².